The van der Waals surface area contributed by atoms with Crippen molar-refractivity contribution in [2.24, 2.45) is 26.9 Å². The number of pyridine rings is 3. The second-order valence-corrected chi connectivity index (χ2v) is 32.2. The highest BCUT2D eigenvalue weighted by atomic mass is 35.5. The van der Waals surface area contributed by atoms with E-state index in [-0.39, 0.29) is 58.4 Å². The van der Waals surface area contributed by atoms with Gasteiger partial charge in [0.15, 0.2) is 0 Å². The average molecular weight is 1790 g/mol. The van der Waals surface area contributed by atoms with E-state index in [4.69, 9.17) is 26.8 Å². The zero-order chi connectivity index (χ0) is 93.9. The van der Waals surface area contributed by atoms with E-state index >= 15 is 0 Å². The number of carbonyl (C=O) groups excluding carboxylic acids is 5. The van der Waals surface area contributed by atoms with Crippen LogP contribution in [0.3, 0.4) is 0 Å². The summed E-state index contributed by atoms with van der Waals surface area (Å²) in [4.78, 5) is 141. The third kappa shape index (κ3) is 20.1. The first-order chi connectivity index (χ1) is 60.9. The topological polar surface area (TPSA) is 335 Å². The summed E-state index contributed by atoms with van der Waals surface area (Å²) in [5.41, 5.74) is 10.9. The molecular formula is C95H80ClF9N12O12. The quantitative estimate of drug-likeness (QED) is 0.0374. The maximum Gasteiger partial charge on any atom is 0.329 e. The molecule has 15 rings (SSSR count). The lowest BCUT2D eigenvalue weighted by molar-refractivity contribution is -0.157. The van der Waals surface area contributed by atoms with Crippen LogP contribution >= 0.6 is 11.6 Å². The number of carbonyl (C=O) groups is 6. The summed E-state index contributed by atoms with van der Waals surface area (Å²) in [6.07, 6.45) is 8.51. The number of aryl methyl sites for hydroxylation is 6. The maximum absolute atomic E-state index is 14.4. The summed E-state index contributed by atoms with van der Waals surface area (Å²) < 4.78 is 140. The van der Waals surface area contributed by atoms with E-state index in [1.165, 1.54) is 81.0 Å². The highest BCUT2D eigenvalue weighted by Crippen LogP contribution is 2.37. The average Bonchev–Trinajstić information content (AvgIpc) is 0.751. The molecular weight excluding hydrogens is 1710 g/mol. The number of benzene rings is 9. The van der Waals surface area contributed by atoms with Crippen molar-refractivity contribution in [1.82, 2.24) is 54.2 Å². The Bertz CT molecular complexity index is 7220. The lowest BCUT2D eigenvalue weighted by Gasteiger charge is -2.25. The Morgan fingerprint density at radius 3 is 0.977 bits per heavy atom. The number of amides is 2. The largest absolute Gasteiger partial charge is 0.480 e. The van der Waals surface area contributed by atoms with Gasteiger partial charge in [-0.15, -0.1) is 0 Å². The van der Waals surface area contributed by atoms with Crippen LogP contribution in [0.2, 0.25) is 0 Å². The number of aliphatic carboxylic acids is 1. The van der Waals surface area contributed by atoms with Gasteiger partial charge in [-0.1, -0.05) is 54.6 Å². The molecule has 24 nitrogen and oxygen atoms in total. The fraction of sp³-hybridized carbons (Fsp3) is 0.211. The lowest BCUT2D eigenvalue weighted by Crippen LogP contribution is -2.46. The molecule has 0 fully saturated rings. The smallest absolute Gasteiger partial charge is 0.329 e. The van der Waals surface area contributed by atoms with Crippen LogP contribution in [0.25, 0.3) is 99.2 Å². The first kappa shape index (κ1) is 93.4. The predicted molar refractivity (Wildman–Crippen MR) is 467 cm³/mol. The van der Waals surface area contributed by atoms with Crippen LogP contribution in [-0.4, -0.2) is 113 Å². The van der Waals surface area contributed by atoms with E-state index in [0.717, 1.165) is 54.6 Å². The number of nitrogens with one attached hydrogen (secondary N) is 2. The highest BCUT2D eigenvalue weighted by molar-refractivity contribution is 6.67. The van der Waals surface area contributed by atoms with Crippen LogP contribution in [0.5, 0.6) is 0 Å². The Morgan fingerprint density at radius 1 is 0.403 bits per heavy atom. The van der Waals surface area contributed by atoms with Crippen molar-refractivity contribution < 1.29 is 82.9 Å². The normalized spacial score (nSPS) is 12.1. The van der Waals surface area contributed by atoms with Crippen LogP contribution in [0, 0.1) is 73.1 Å². The molecule has 0 aliphatic heterocycles. The summed E-state index contributed by atoms with van der Waals surface area (Å²) >= 11 is 4.89. The number of nitrogens with zero attached hydrogens (tertiary/aromatic N) is 9. The van der Waals surface area contributed by atoms with E-state index in [9.17, 15) is 87.8 Å². The predicted octanol–water partition coefficient (Wildman–Crippen LogP) is 16.0. The van der Waals surface area contributed by atoms with Crippen molar-refractivity contribution in [3.05, 3.63) is 316 Å². The van der Waals surface area contributed by atoms with Crippen molar-refractivity contribution >= 4 is 112 Å². The molecule has 0 bridgehead atoms. The summed E-state index contributed by atoms with van der Waals surface area (Å²) in [6, 6.07) is 27.8. The lowest BCUT2D eigenvalue weighted by atomic mass is 9.94. The molecule has 0 saturated heterocycles. The number of esters is 2. The van der Waals surface area contributed by atoms with Crippen LogP contribution in [0.1, 0.15) is 106 Å². The number of ether oxygens (including phenoxy) is 2. The summed E-state index contributed by atoms with van der Waals surface area (Å²) in [5, 5.41) is 15.0. The van der Waals surface area contributed by atoms with Crippen molar-refractivity contribution in [3.63, 3.8) is 0 Å². The van der Waals surface area contributed by atoms with Gasteiger partial charge in [0.25, 0.3) is 33.7 Å². The molecule has 6 aromatic heterocycles. The van der Waals surface area contributed by atoms with Gasteiger partial charge in [0.05, 0.1) is 66.3 Å². The molecule has 662 valence electrons. The third-order valence-corrected chi connectivity index (χ3v) is 21.1. The van der Waals surface area contributed by atoms with Gasteiger partial charge in [-0.2, -0.15) is 0 Å². The molecule has 9 aromatic carbocycles. The first-order valence-electron chi connectivity index (χ1n) is 39.6. The molecule has 6 heterocycles. The number of carboxylic acids is 1. The number of hydrogen-bond donors (Lipinski definition) is 4. The standard InChI is InChI=1S/C33H29F3N4O4.C29H21F3N4O4.C26H27FN4O3.C7H3ClF2O/c1-17-21-16-19(34)10-12-25(21)40(5)31(42)26(17)20-11-9-18(28-29(20)38-14-13-37-28)15-24(32(43)44-33(2,3)4)39-30(41)27-22(35)7-6-8-23(27)36;1-14-18-13-16(30)7-9-22(18)36(2)28(38)23(14)17-8-6-15(25-26(17)34-11-10-33-25)12-21(29(39)40)35-27(37)24-19(31)4-3-5-20(24)32;1-14-18-13-16(27)7-9-20(18)31(5)24(32)21(14)17-8-6-15(22-23(17)30-11-10-29-22)12-19(28)25(33)34-26(2,3)4;8-7(11)6-4(9)2-1-3-5(6)10/h6-14,16,24H,15H2,1-5H3,(H,39,41);3-11,13,21H,12H2,1-2H3,(H,35,37)(H,39,40);6-11,13,19H,12,28H2,1-5H3;1-3H/t24-;21-;19-;/m000./s1. The summed E-state index contributed by atoms with van der Waals surface area (Å²) in [7, 11) is 4.83. The minimum absolute atomic E-state index is 0.174. The van der Waals surface area contributed by atoms with E-state index in [1.54, 1.807) is 144 Å². The number of hydrogen-bond acceptors (Lipinski definition) is 18. The zero-order valence-corrected chi connectivity index (χ0v) is 71.7. The van der Waals surface area contributed by atoms with Gasteiger partial charge in [0, 0.05) is 110 Å². The Morgan fingerprint density at radius 2 is 0.682 bits per heavy atom. The van der Waals surface area contributed by atoms with Crippen molar-refractivity contribution in [1.29, 1.82) is 0 Å². The van der Waals surface area contributed by atoms with Gasteiger partial charge in [-0.25, -0.2) is 49.1 Å². The number of nitrogens with two attached hydrogens (primary N) is 1. The summed E-state index contributed by atoms with van der Waals surface area (Å²) in [5.74, 6) is -12.7. The van der Waals surface area contributed by atoms with Gasteiger partial charge >= 0.3 is 17.9 Å². The van der Waals surface area contributed by atoms with E-state index in [2.05, 4.69) is 40.5 Å². The van der Waals surface area contributed by atoms with E-state index in [1.807, 2.05) is 0 Å². The molecule has 0 unspecified atom stereocenters. The number of rotatable bonds is 17. The van der Waals surface area contributed by atoms with E-state index in [0.29, 0.717) is 116 Å². The second kappa shape index (κ2) is 38.2. The Kier molecular flexibility index (Phi) is 27.7. The fourth-order valence-corrected chi connectivity index (χ4v) is 15.1. The summed E-state index contributed by atoms with van der Waals surface area (Å²) in [6.45, 7) is 15.5. The van der Waals surface area contributed by atoms with Gasteiger partial charge < -0.3 is 44.6 Å². The Hall–Kier alpha value is -14.7. The SMILES string of the molecule is Cc1c(-c2ccc(C[C@H](N)C(=O)OC(C)(C)C)c3nccnc23)c(=O)n(C)c2ccc(F)cc12.Cc1c(-c2ccc(C[C@H](NC(=O)c3c(F)cccc3F)C(=O)O)c3nccnc23)c(=O)n(C)c2ccc(F)cc12.Cc1c(-c2ccc(C[C@H](NC(=O)c3c(F)cccc3F)C(=O)OC(C)(C)C)c3nccnc23)c(=O)n(C)c2ccc(F)cc12.O=C(Cl)c1c(F)cccc1F. The fourth-order valence-electron chi connectivity index (χ4n) is 14.9. The van der Waals surface area contributed by atoms with Gasteiger partial charge in [-0.05, 0) is 198 Å². The Balaban J connectivity index is 0.000000166. The number of halogens is 10. The van der Waals surface area contributed by atoms with Gasteiger partial charge in [-0.3, -0.25) is 63.5 Å². The third-order valence-electron chi connectivity index (χ3n) is 20.9. The van der Waals surface area contributed by atoms with Gasteiger partial charge in [0.2, 0.25) is 0 Å². The number of fused-ring (bicyclic) bond motifs is 6. The number of aromatic nitrogens is 9. The maximum atomic E-state index is 14.4. The molecule has 0 radical (unpaired) electrons. The monoisotopic (exact) mass is 1790 g/mol. The van der Waals surface area contributed by atoms with E-state index < -0.39 is 128 Å². The molecule has 5 N–H and O–H groups in total. The molecule has 0 saturated carbocycles. The van der Waals surface area contributed by atoms with Crippen molar-refractivity contribution in [3.8, 4) is 33.4 Å². The molecule has 3 atom stereocenters. The highest BCUT2D eigenvalue weighted by Gasteiger charge is 2.34. The molecule has 0 aliphatic rings. The molecule has 2 amide bonds. The minimum Gasteiger partial charge on any atom is -0.480 e. The molecule has 34 heteroatoms. The first-order valence-corrected chi connectivity index (χ1v) is 40.0. The van der Waals surface area contributed by atoms with Crippen LogP contribution in [0.4, 0.5) is 39.5 Å². The van der Waals surface area contributed by atoms with Crippen LogP contribution in [-0.2, 0) is 64.3 Å². The van der Waals surface area contributed by atoms with Crippen LogP contribution in [0.15, 0.2) is 197 Å². The van der Waals surface area contributed by atoms with Crippen molar-refractivity contribution in [2.45, 2.75) is 111 Å². The Labute approximate surface area is 733 Å². The van der Waals surface area contributed by atoms with Gasteiger partial charge in [0.1, 0.15) is 98.4 Å². The zero-order valence-electron chi connectivity index (χ0n) is 71.0. The second-order valence-electron chi connectivity index (χ2n) is 31.9. The number of carboxylic acid groups (broad SMARTS) is 1. The molecule has 129 heavy (non-hydrogen) atoms. The minimum atomic E-state index is -1.57. The van der Waals surface area contributed by atoms with Crippen molar-refractivity contribution in [2.75, 3.05) is 0 Å². The molecule has 0 spiro atoms. The molecule has 0 aliphatic carbocycles. The molecule has 15 aromatic rings. The van der Waals surface area contributed by atoms with Crippen LogP contribution < -0.4 is 33.0 Å².